The highest BCUT2D eigenvalue weighted by Gasteiger charge is 2.22. The van der Waals surface area contributed by atoms with Gasteiger partial charge in [-0.2, -0.15) is 0 Å². The molecule has 1 N–H and O–H groups in total. The highest BCUT2D eigenvalue weighted by atomic mass is 16.5. The first-order valence-electron chi connectivity index (χ1n) is 4.99. The number of carboxylic acid groups (broad SMARTS) is 1. The number of hydrogen-bond donors (Lipinski definition) is 1. The zero-order valence-electron chi connectivity index (χ0n) is 8.85. The predicted molar refractivity (Wildman–Crippen MR) is 59.5 cm³/mol. The van der Waals surface area contributed by atoms with Gasteiger partial charge in [0.15, 0.2) is 0 Å². The lowest BCUT2D eigenvalue weighted by Gasteiger charge is -2.13. The highest BCUT2D eigenvalue weighted by molar-refractivity contribution is 5.74. The molecule has 1 aromatic heterocycles. The van der Waals surface area contributed by atoms with Crippen molar-refractivity contribution in [3.8, 4) is 6.01 Å². The molecule has 0 aliphatic heterocycles. The SMILES string of the molecule is O=C(O)C(Oc1ncccn1)c1ccccc1. The van der Waals surface area contributed by atoms with E-state index in [2.05, 4.69) is 9.97 Å². The van der Waals surface area contributed by atoms with Crippen molar-refractivity contribution in [2.45, 2.75) is 6.10 Å². The summed E-state index contributed by atoms with van der Waals surface area (Å²) >= 11 is 0. The number of nitrogens with zero attached hydrogens (tertiary/aromatic N) is 2. The molecule has 0 bridgehead atoms. The van der Waals surface area contributed by atoms with Crippen LogP contribution in [0, 0.1) is 0 Å². The molecule has 0 saturated heterocycles. The van der Waals surface area contributed by atoms with Gasteiger partial charge in [-0.05, 0) is 6.07 Å². The van der Waals surface area contributed by atoms with Gasteiger partial charge in [0.1, 0.15) is 0 Å². The Morgan fingerprint density at radius 2 is 1.76 bits per heavy atom. The molecule has 0 radical (unpaired) electrons. The Hall–Kier alpha value is -2.43. The molecular formula is C12H10N2O3. The minimum absolute atomic E-state index is 0.0451. The van der Waals surface area contributed by atoms with Crippen LogP contribution in [0.25, 0.3) is 0 Å². The van der Waals surface area contributed by atoms with Crippen molar-refractivity contribution >= 4 is 5.97 Å². The summed E-state index contributed by atoms with van der Waals surface area (Å²) in [7, 11) is 0. The summed E-state index contributed by atoms with van der Waals surface area (Å²) in [5, 5.41) is 9.11. The largest absolute Gasteiger partial charge is 0.478 e. The maximum atomic E-state index is 11.1. The molecule has 1 aromatic carbocycles. The van der Waals surface area contributed by atoms with Gasteiger partial charge in [0.2, 0.25) is 6.10 Å². The topological polar surface area (TPSA) is 72.3 Å². The smallest absolute Gasteiger partial charge is 0.349 e. The van der Waals surface area contributed by atoms with Crippen molar-refractivity contribution in [1.82, 2.24) is 9.97 Å². The van der Waals surface area contributed by atoms with E-state index < -0.39 is 12.1 Å². The standard InChI is InChI=1S/C12H10N2O3/c15-11(16)10(9-5-2-1-3-6-9)17-12-13-7-4-8-14-12/h1-8,10H,(H,15,16). The van der Waals surface area contributed by atoms with E-state index in [4.69, 9.17) is 9.84 Å². The Kier molecular flexibility index (Phi) is 3.30. The lowest BCUT2D eigenvalue weighted by Crippen LogP contribution is -2.19. The number of aromatic nitrogens is 2. The van der Waals surface area contributed by atoms with Gasteiger partial charge in [-0.15, -0.1) is 0 Å². The van der Waals surface area contributed by atoms with Crippen molar-refractivity contribution in [3.05, 3.63) is 54.4 Å². The molecule has 0 spiro atoms. The molecule has 0 fully saturated rings. The molecule has 5 heteroatoms. The van der Waals surface area contributed by atoms with Crippen LogP contribution in [0.15, 0.2) is 48.8 Å². The van der Waals surface area contributed by atoms with Gasteiger partial charge in [0.25, 0.3) is 0 Å². The fourth-order valence-electron chi connectivity index (χ4n) is 1.34. The molecular weight excluding hydrogens is 220 g/mol. The van der Waals surface area contributed by atoms with E-state index in [0.29, 0.717) is 5.56 Å². The third-order valence-corrected chi connectivity index (χ3v) is 2.09. The Labute approximate surface area is 97.7 Å². The van der Waals surface area contributed by atoms with Crippen LogP contribution in [0.3, 0.4) is 0 Å². The first-order chi connectivity index (χ1) is 8.27. The minimum atomic E-state index is -1.10. The van der Waals surface area contributed by atoms with Crippen LogP contribution in [0.1, 0.15) is 11.7 Å². The van der Waals surface area contributed by atoms with Crippen LogP contribution in [0.2, 0.25) is 0 Å². The van der Waals surface area contributed by atoms with E-state index in [1.54, 1.807) is 36.4 Å². The Balaban J connectivity index is 2.23. The summed E-state index contributed by atoms with van der Waals surface area (Å²) in [6, 6.07) is 10.3. The van der Waals surface area contributed by atoms with Gasteiger partial charge in [-0.3, -0.25) is 0 Å². The van der Waals surface area contributed by atoms with Crippen LogP contribution in [-0.2, 0) is 4.79 Å². The lowest BCUT2D eigenvalue weighted by molar-refractivity contribution is -0.145. The number of hydrogen-bond acceptors (Lipinski definition) is 4. The molecule has 1 unspecified atom stereocenters. The van der Waals surface area contributed by atoms with E-state index in [1.807, 2.05) is 0 Å². The molecule has 2 aromatic rings. The number of carboxylic acids is 1. The van der Waals surface area contributed by atoms with Crippen molar-refractivity contribution in [2.24, 2.45) is 0 Å². The maximum absolute atomic E-state index is 11.1. The summed E-state index contributed by atoms with van der Waals surface area (Å²) in [4.78, 5) is 18.8. The second-order valence-corrected chi connectivity index (χ2v) is 3.28. The average Bonchev–Trinajstić information content (AvgIpc) is 2.38. The average molecular weight is 230 g/mol. The normalized spacial score (nSPS) is 11.8. The summed E-state index contributed by atoms with van der Waals surface area (Å²) in [6.45, 7) is 0. The molecule has 0 amide bonds. The van der Waals surface area contributed by atoms with E-state index in [0.717, 1.165) is 0 Å². The van der Waals surface area contributed by atoms with E-state index in [9.17, 15) is 4.79 Å². The molecule has 86 valence electrons. The number of benzene rings is 1. The van der Waals surface area contributed by atoms with Gasteiger partial charge in [-0.25, -0.2) is 14.8 Å². The van der Waals surface area contributed by atoms with Crippen molar-refractivity contribution < 1.29 is 14.6 Å². The minimum Gasteiger partial charge on any atom is -0.478 e. The van der Waals surface area contributed by atoms with Crippen molar-refractivity contribution in [2.75, 3.05) is 0 Å². The molecule has 17 heavy (non-hydrogen) atoms. The molecule has 0 aliphatic carbocycles. The molecule has 2 rings (SSSR count). The summed E-state index contributed by atoms with van der Waals surface area (Å²) < 4.78 is 5.24. The lowest BCUT2D eigenvalue weighted by atomic mass is 10.1. The molecule has 5 nitrogen and oxygen atoms in total. The van der Waals surface area contributed by atoms with E-state index in [-0.39, 0.29) is 6.01 Å². The quantitative estimate of drug-likeness (QED) is 0.865. The Morgan fingerprint density at radius 3 is 2.35 bits per heavy atom. The predicted octanol–water partition coefficient (Wildman–Crippen LogP) is 1.68. The van der Waals surface area contributed by atoms with E-state index >= 15 is 0 Å². The van der Waals surface area contributed by atoms with Gasteiger partial charge < -0.3 is 9.84 Å². The molecule has 0 saturated carbocycles. The Bertz CT molecular complexity index is 488. The van der Waals surface area contributed by atoms with Crippen LogP contribution in [0.5, 0.6) is 6.01 Å². The highest BCUT2D eigenvalue weighted by Crippen LogP contribution is 2.18. The Morgan fingerprint density at radius 1 is 1.12 bits per heavy atom. The molecule has 1 heterocycles. The van der Waals surface area contributed by atoms with Gasteiger partial charge in [0, 0.05) is 18.0 Å². The third kappa shape index (κ3) is 2.78. The number of carbonyl (C=O) groups is 1. The molecule has 0 aliphatic rings. The second-order valence-electron chi connectivity index (χ2n) is 3.28. The van der Waals surface area contributed by atoms with E-state index in [1.165, 1.54) is 12.4 Å². The number of rotatable bonds is 4. The molecule has 1 atom stereocenters. The monoisotopic (exact) mass is 230 g/mol. The maximum Gasteiger partial charge on any atom is 0.349 e. The van der Waals surface area contributed by atoms with Crippen LogP contribution in [-0.4, -0.2) is 21.0 Å². The first kappa shape index (κ1) is 11.1. The number of ether oxygens (including phenoxy) is 1. The fraction of sp³-hybridized carbons (Fsp3) is 0.0833. The second kappa shape index (κ2) is 5.07. The fourth-order valence-corrected chi connectivity index (χ4v) is 1.34. The van der Waals surface area contributed by atoms with Gasteiger partial charge in [-0.1, -0.05) is 30.3 Å². The zero-order chi connectivity index (χ0) is 12.1. The number of aliphatic carboxylic acids is 1. The first-order valence-corrected chi connectivity index (χ1v) is 4.99. The van der Waals surface area contributed by atoms with Crippen molar-refractivity contribution in [1.29, 1.82) is 0 Å². The summed E-state index contributed by atoms with van der Waals surface area (Å²) in [5.41, 5.74) is 0.549. The van der Waals surface area contributed by atoms with Crippen LogP contribution < -0.4 is 4.74 Å². The van der Waals surface area contributed by atoms with Crippen molar-refractivity contribution in [3.63, 3.8) is 0 Å². The van der Waals surface area contributed by atoms with Gasteiger partial charge >= 0.3 is 12.0 Å². The summed E-state index contributed by atoms with van der Waals surface area (Å²) in [6.07, 6.45) is 1.89. The zero-order valence-corrected chi connectivity index (χ0v) is 8.85. The summed E-state index contributed by atoms with van der Waals surface area (Å²) in [5.74, 6) is -1.08. The van der Waals surface area contributed by atoms with Crippen LogP contribution in [0.4, 0.5) is 0 Å². The van der Waals surface area contributed by atoms with Crippen LogP contribution >= 0.6 is 0 Å². The van der Waals surface area contributed by atoms with Gasteiger partial charge in [0.05, 0.1) is 0 Å². The third-order valence-electron chi connectivity index (χ3n) is 2.09.